The molecule has 0 amide bonds. The number of ether oxygens (including phenoxy) is 1. The van der Waals surface area contributed by atoms with Crippen molar-refractivity contribution < 1.29 is 9.84 Å². The number of para-hydroxylation sites is 1. The number of nitrogens with two attached hydrogens (primary N) is 1. The van der Waals surface area contributed by atoms with Crippen molar-refractivity contribution >= 4 is 22.6 Å². The van der Waals surface area contributed by atoms with Gasteiger partial charge in [0, 0.05) is 6.54 Å². The fourth-order valence-electron chi connectivity index (χ4n) is 0.816. The van der Waals surface area contributed by atoms with Crippen LogP contribution in [0, 0.1) is 3.57 Å². The largest absolute Gasteiger partial charge is 0.490 e. The maximum Gasteiger partial charge on any atom is 0.132 e. The zero-order chi connectivity index (χ0) is 9.68. The van der Waals surface area contributed by atoms with E-state index in [4.69, 9.17) is 15.6 Å². The molecule has 1 unspecified atom stereocenters. The lowest BCUT2D eigenvalue weighted by atomic mass is 10.3. The Labute approximate surface area is 91.0 Å². The van der Waals surface area contributed by atoms with Gasteiger partial charge in [0.25, 0.3) is 0 Å². The van der Waals surface area contributed by atoms with Gasteiger partial charge in [0.15, 0.2) is 0 Å². The summed E-state index contributed by atoms with van der Waals surface area (Å²) in [5, 5.41) is 9.16. The smallest absolute Gasteiger partial charge is 0.132 e. The lowest BCUT2D eigenvalue weighted by Crippen LogP contribution is -2.26. The number of hydrogen-bond acceptors (Lipinski definition) is 3. The van der Waals surface area contributed by atoms with Gasteiger partial charge in [-0.3, -0.25) is 0 Å². The normalized spacial score (nSPS) is 12.5. The Hall–Kier alpha value is -0.330. The Morgan fingerprint density at radius 2 is 2.15 bits per heavy atom. The van der Waals surface area contributed by atoms with Crippen molar-refractivity contribution in [2.45, 2.75) is 6.10 Å². The molecule has 1 atom stereocenters. The van der Waals surface area contributed by atoms with Gasteiger partial charge in [-0.1, -0.05) is 12.1 Å². The van der Waals surface area contributed by atoms with E-state index >= 15 is 0 Å². The van der Waals surface area contributed by atoms with Gasteiger partial charge in [-0.05, 0) is 34.7 Å². The topological polar surface area (TPSA) is 55.5 Å². The van der Waals surface area contributed by atoms with Gasteiger partial charge in [0.1, 0.15) is 18.5 Å². The van der Waals surface area contributed by atoms with Crippen LogP contribution in [0.2, 0.25) is 0 Å². The van der Waals surface area contributed by atoms with Crippen LogP contribution in [0.3, 0.4) is 0 Å². The van der Waals surface area contributed by atoms with Crippen LogP contribution in [0.15, 0.2) is 24.3 Å². The van der Waals surface area contributed by atoms with Crippen molar-refractivity contribution in [1.82, 2.24) is 0 Å². The lowest BCUT2D eigenvalue weighted by molar-refractivity contribution is 0.113. The van der Waals surface area contributed by atoms with E-state index in [0.717, 1.165) is 9.32 Å². The van der Waals surface area contributed by atoms with Crippen LogP contribution in [0.4, 0.5) is 0 Å². The highest BCUT2D eigenvalue weighted by atomic mass is 127. The van der Waals surface area contributed by atoms with E-state index in [0.29, 0.717) is 0 Å². The first-order valence-electron chi connectivity index (χ1n) is 3.99. The standard InChI is InChI=1S/C9H12INO2/c10-8-3-1-2-4-9(8)13-6-7(12)5-11/h1-4,7,12H,5-6,11H2. The molecule has 4 heteroatoms. The predicted octanol–water partition coefficient (Wildman–Crippen LogP) is 0.990. The summed E-state index contributed by atoms with van der Waals surface area (Å²) >= 11 is 2.18. The minimum Gasteiger partial charge on any atom is -0.490 e. The molecule has 0 aliphatic carbocycles. The quantitative estimate of drug-likeness (QED) is 0.814. The molecule has 1 aromatic rings. The zero-order valence-electron chi connectivity index (χ0n) is 7.11. The fraction of sp³-hybridized carbons (Fsp3) is 0.333. The Morgan fingerprint density at radius 1 is 1.46 bits per heavy atom. The molecular formula is C9H12INO2. The molecule has 0 heterocycles. The second-order valence-electron chi connectivity index (χ2n) is 2.63. The minimum atomic E-state index is -0.587. The number of hydrogen-bond donors (Lipinski definition) is 2. The molecule has 1 rings (SSSR count). The van der Waals surface area contributed by atoms with Crippen LogP contribution in [0.25, 0.3) is 0 Å². The molecule has 0 spiro atoms. The number of rotatable bonds is 4. The molecule has 0 radical (unpaired) electrons. The second kappa shape index (κ2) is 5.41. The third-order valence-corrected chi connectivity index (χ3v) is 2.43. The summed E-state index contributed by atoms with van der Waals surface area (Å²) in [5.74, 6) is 0.788. The SMILES string of the molecule is NCC(O)COc1ccccc1I. The summed E-state index contributed by atoms with van der Waals surface area (Å²) in [7, 11) is 0. The van der Waals surface area contributed by atoms with E-state index in [2.05, 4.69) is 22.6 Å². The average molecular weight is 293 g/mol. The Kier molecular flexibility index (Phi) is 4.47. The third-order valence-electron chi connectivity index (χ3n) is 1.54. The summed E-state index contributed by atoms with van der Waals surface area (Å²) in [6.07, 6.45) is -0.587. The molecule has 0 aromatic heterocycles. The second-order valence-corrected chi connectivity index (χ2v) is 3.79. The molecule has 0 aliphatic rings. The van der Waals surface area contributed by atoms with E-state index in [1.807, 2.05) is 24.3 Å². The first kappa shape index (κ1) is 10.7. The minimum absolute atomic E-state index is 0.226. The Balaban J connectivity index is 2.50. The van der Waals surface area contributed by atoms with Crippen molar-refractivity contribution in [3.8, 4) is 5.75 Å². The summed E-state index contributed by atoms with van der Waals surface area (Å²) in [5.41, 5.74) is 5.24. The molecule has 0 saturated heterocycles. The summed E-state index contributed by atoms with van der Waals surface area (Å²) in [6, 6.07) is 7.65. The van der Waals surface area contributed by atoms with Gasteiger partial charge in [0.2, 0.25) is 0 Å². The number of aliphatic hydroxyl groups excluding tert-OH is 1. The molecule has 3 nitrogen and oxygen atoms in total. The van der Waals surface area contributed by atoms with Crippen molar-refractivity contribution in [3.05, 3.63) is 27.8 Å². The Bertz CT molecular complexity index is 268. The Morgan fingerprint density at radius 3 is 2.77 bits per heavy atom. The van der Waals surface area contributed by atoms with Crippen molar-refractivity contribution in [2.24, 2.45) is 5.73 Å². The molecule has 3 N–H and O–H groups in total. The number of aliphatic hydroxyl groups is 1. The van der Waals surface area contributed by atoms with E-state index in [9.17, 15) is 0 Å². The number of benzene rings is 1. The van der Waals surface area contributed by atoms with Gasteiger partial charge >= 0.3 is 0 Å². The van der Waals surface area contributed by atoms with Gasteiger partial charge in [0.05, 0.1) is 3.57 Å². The van der Waals surface area contributed by atoms with Gasteiger partial charge in [-0.2, -0.15) is 0 Å². The molecule has 72 valence electrons. The molecule has 0 aliphatic heterocycles. The maximum atomic E-state index is 9.16. The van der Waals surface area contributed by atoms with E-state index in [-0.39, 0.29) is 13.2 Å². The summed E-state index contributed by atoms with van der Waals surface area (Å²) < 4.78 is 6.38. The first-order valence-corrected chi connectivity index (χ1v) is 5.07. The van der Waals surface area contributed by atoms with Gasteiger partial charge in [-0.25, -0.2) is 0 Å². The highest BCUT2D eigenvalue weighted by Gasteiger charge is 2.03. The van der Waals surface area contributed by atoms with Crippen molar-refractivity contribution in [3.63, 3.8) is 0 Å². The van der Waals surface area contributed by atoms with Crippen LogP contribution >= 0.6 is 22.6 Å². The van der Waals surface area contributed by atoms with E-state index < -0.39 is 6.10 Å². The van der Waals surface area contributed by atoms with Crippen LogP contribution in [-0.2, 0) is 0 Å². The lowest BCUT2D eigenvalue weighted by Gasteiger charge is -2.10. The molecule has 0 saturated carbocycles. The monoisotopic (exact) mass is 293 g/mol. The van der Waals surface area contributed by atoms with Crippen LogP contribution in [0.5, 0.6) is 5.75 Å². The van der Waals surface area contributed by atoms with Crippen molar-refractivity contribution in [2.75, 3.05) is 13.2 Å². The zero-order valence-corrected chi connectivity index (χ0v) is 9.27. The molecule has 13 heavy (non-hydrogen) atoms. The summed E-state index contributed by atoms with van der Waals surface area (Å²) in [6.45, 7) is 0.472. The average Bonchev–Trinajstić information content (AvgIpc) is 2.16. The first-order chi connectivity index (χ1) is 6.24. The van der Waals surface area contributed by atoms with Crippen LogP contribution in [0.1, 0.15) is 0 Å². The molecule has 0 bridgehead atoms. The number of halogens is 1. The predicted molar refractivity (Wildman–Crippen MR) is 59.7 cm³/mol. The fourth-order valence-corrected chi connectivity index (χ4v) is 1.36. The molecule has 0 fully saturated rings. The van der Waals surface area contributed by atoms with Gasteiger partial charge < -0.3 is 15.6 Å². The highest BCUT2D eigenvalue weighted by Crippen LogP contribution is 2.19. The van der Waals surface area contributed by atoms with E-state index in [1.54, 1.807) is 0 Å². The highest BCUT2D eigenvalue weighted by molar-refractivity contribution is 14.1. The van der Waals surface area contributed by atoms with E-state index in [1.165, 1.54) is 0 Å². The van der Waals surface area contributed by atoms with Gasteiger partial charge in [-0.15, -0.1) is 0 Å². The third kappa shape index (κ3) is 3.50. The summed E-state index contributed by atoms with van der Waals surface area (Å²) in [4.78, 5) is 0. The molecular weight excluding hydrogens is 281 g/mol. The van der Waals surface area contributed by atoms with Crippen LogP contribution in [-0.4, -0.2) is 24.4 Å². The van der Waals surface area contributed by atoms with Crippen LogP contribution < -0.4 is 10.5 Å². The molecule has 1 aromatic carbocycles. The van der Waals surface area contributed by atoms with Crippen molar-refractivity contribution in [1.29, 1.82) is 0 Å². The maximum absolute atomic E-state index is 9.16.